The number of amides is 1. The number of pyridine rings is 1. The second kappa shape index (κ2) is 8.80. The summed E-state index contributed by atoms with van der Waals surface area (Å²) in [5.74, 6) is -0.399. The number of fused-ring (bicyclic) bond motifs is 1. The number of carbonyl (C=O) groups excluding carboxylic acids is 1. The maximum Gasteiger partial charge on any atom is 0.257 e. The zero-order valence-corrected chi connectivity index (χ0v) is 16.8. The molecule has 1 aliphatic heterocycles. The van der Waals surface area contributed by atoms with Crippen LogP contribution in [0.4, 0.5) is 0 Å². The minimum atomic E-state index is -0.399. The third-order valence-corrected chi connectivity index (χ3v) is 5.55. The topological polar surface area (TPSA) is 71.2 Å². The summed E-state index contributed by atoms with van der Waals surface area (Å²) in [6.07, 6.45) is 5.79. The predicted octanol–water partition coefficient (Wildman–Crippen LogP) is 4.22. The monoisotopic (exact) mass is 410 g/mol. The molecule has 29 heavy (non-hydrogen) atoms. The van der Waals surface area contributed by atoms with Crippen LogP contribution in [0.2, 0.25) is 5.02 Å². The summed E-state index contributed by atoms with van der Waals surface area (Å²) in [5, 5.41) is 3.96. The van der Waals surface area contributed by atoms with Gasteiger partial charge in [0.15, 0.2) is 0 Å². The summed E-state index contributed by atoms with van der Waals surface area (Å²) in [7, 11) is 0. The Hall–Kier alpha value is -2.63. The van der Waals surface area contributed by atoms with Crippen LogP contribution in [0, 0.1) is 0 Å². The molecular weight excluding hydrogens is 388 g/mol. The van der Waals surface area contributed by atoms with Crippen molar-refractivity contribution in [2.45, 2.75) is 38.3 Å². The molecule has 1 amide bonds. The lowest BCUT2D eigenvalue weighted by molar-refractivity contribution is 0.0168. The highest BCUT2D eigenvalue weighted by Gasteiger charge is 2.16. The average molecular weight is 411 g/mol. The highest BCUT2D eigenvalue weighted by molar-refractivity contribution is 6.30. The van der Waals surface area contributed by atoms with Crippen LogP contribution in [0.5, 0.6) is 0 Å². The van der Waals surface area contributed by atoms with E-state index >= 15 is 0 Å². The number of rotatable bonds is 5. The Morgan fingerprint density at radius 3 is 2.69 bits per heavy atom. The third-order valence-electron chi connectivity index (χ3n) is 5.29. The number of aromatic nitrogens is 1. The first-order valence-electron chi connectivity index (χ1n) is 9.89. The van der Waals surface area contributed by atoms with E-state index in [1.54, 1.807) is 12.1 Å². The number of nitrogens with one attached hydrogen (secondary N) is 2. The van der Waals surface area contributed by atoms with Crippen LogP contribution in [0.3, 0.4) is 0 Å². The van der Waals surface area contributed by atoms with Gasteiger partial charge in [0.2, 0.25) is 5.43 Å². The smallest absolute Gasteiger partial charge is 0.257 e. The summed E-state index contributed by atoms with van der Waals surface area (Å²) >= 11 is 5.88. The van der Waals surface area contributed by atoms with Crippen LogP contribution in [0.1, 0.15) is 40.7 Å². The lowest BCUT2D eigenvalue weighted by atomic mass is 9.99. The molecule has 3 aromatic rings. The third kappa shape index (κ3) is 4.69. The van der Waals surface area contributed by atoms with Crippen molar-refractivity contribution in [3.05, 3.63) is 80.6 Å². The largest absolute Gasteiger partial charge is 0.378 e. The predicted molar refractivity (Wildman–Crippen MR) is 114 cm³/mol. The summed E-state index contributed by atoms with van der Waals surface area (Å²) in [6, 6.07) is 13.0. The SMILES string of the molecule is O=C(NCc1ccc(Cl)cc1)c1c[nH]c2ccc(CC3CCCCO3)cc2c1=O. The molecule has 150 valence electrons. The molecule has 0 spiro atoms. The van der Waals surface area contributed by atoms with E-state index < -0.39 is 5.91 Å². The maximum atomic E-state index is 12.9. The van der Waals surface area contributed by atoms with Crippen LogP contribution in [0.15, 0.2) is 53.5 Å². The molecule has 1 aliphatic rings. The van der Waals surface area contributed by atoms with Gasteiger partial charge in [-0.05, 0) is 61.1 Å². The highest BCUT2D eigenvalue weighted by Crippen LogP contribution is 2.19. The molecule has 0 bridgehead atoms. The van der Waals surface area contributed by atoms with E-state index in [0.717, 1.165) is 42.5 Å². The molecule has 1 aromatic heterocycles. The number of benzene rings is 2. The Morgan fingerprint density at radius 2 is 1.93 bits per heavy atom. The fourth-order valence-electron chi connectivity index (χ4n) is 3.67. The number of hydrogen-bond donors (Lipinski definition) is 2. The van der Waals surface area contributed by atoms with Crippen molar-refractivity contribution in [2.75, 3.05) is 6.61 Å². The Morgan fingerprint density at radius 1 is 1.14 bits per heavy atom. The van der Waals surface area contributed by atoms with Gasteiger partial charge < -0.3 is 15.0 Å². The standard InChI is InChI=1S/C23H23ClN2O3/c24-17-7-4-15(5-8-17)13-26-23(28)20-14-25-21-9-6-16(12-19(21)22(20)27)11-18-3-1-2-10-29-18/h4-9,12,14,18H,1-3,10-11,13H2,(H,25,27)(H,26,28). The van der Waals surface area contributed by atoms with E-state index in [1.807, 2.05) is 30.3 Å². The molecule has 1 saturated heterocycles. The number of hydrogen-bond acceptors (Lipinski definition) is 3. The Bertz CT molecular complexity index is 1070. The van der Waals surface area contributed by atoms with Crippen molar-refractivity contribution in [2.24, 2.45) is 0 Å². The Kier molecular flexibility index (Phi) is 5.97. The van der Waals surface area contributed by atoms with E-state index in [2.05, 4.69) is 10.3 Å². The van der Waals surface area contributed by atoms with Crippen molar-refractivity contribution >= 4 is 28.4 Å². The van der Waals surface area contributed by atoms with Crippen molar-refractivity contribution in [3.8, 4) is 0 Å². The van der Waals surface area contributed by atoms with E-state index in [0.29, 0.717) is 17.0 Å². The molecular formula is C23H23ClN2O3. The fraction of sp³-hybridized carbons (Fsp3) is 0.304. The molecule has 2 heterocycles. The zero-order chi connectivity index (χ0) is 20.2. The minimum Gasteiger partial charge on any atom is -0.378 e. The van der Waals surface area contributed by atoms with E-state index in [-0.39, 0.29) is 17.1 Å². The van der Waals surface area contributed by atoms with Crippen LogP contribution >= 0.6 is 11.6 Å². The zero-order valence-electron chi connectivity index (χ0n) is 16.0. The van der Waals surface area contributed by atoms with Gasteiger partial charge in [0.1, 0.15) is 5.56 Å². The summed E-state index contributed by atoms with van der Waals surface area (Å²) in [4.78, 5) is 28.6. The van der Waals surface area contributed by atoms with Crippen molar-refractivity contribution in [1.29, 1.82) is 0 Å². The minimum absolute atomic E-state index is 0.109. The highest BCUT2D eigenvalue weighted by atomic mass is 35.5. The molecule has 5 nitrogen and oxygen atoms in total. The first kappa shape index (κ1) is 19.7. The number of aromatic amines is 1. The second-order valence-corrected chi connectivity index (χ2v) is 7.85. The lowest BCUT2D eigenvalue weighted by Crippen LogP contribution is -2.28. The van der Waals surface area contributed by atoms with Crippen molar-refractivity contribution < 1.29 is 9.53 Å². The Labute approximate surface area is 174 Å². The molecule has 1 atom stereocenters. The van der Waals surface area contributed by atoms with Gasteiger partial charge >= 0.3 is 0 Å². The van der Waals surface area contributed by atoms with E-state index in [1.165, 1.54) is 12.6 Å². The quantitative estimate of drug-likeness (QED) is 0.661. The number of H-pyrrole nitrogens is 1. The molecule has 4 rings (SSSR count). The van der Waals surface area contributed by atoms with Crippen LogP contribution in [-0.4, -0.2) is 23.6 Å². The first-order valence-corrected chi connectivity index (χ1v) is 10.3. The normalized spacial score (nSPS) is 16.7. The molecule has 1 unspecified atom stereocenters. The van der Waals surface area contributed by atoms with Gasteiger partial charge in [0.05, 0.1) is 6.10 Å². The first-order chi connectivity index (χ1) is 14.1. The van der Waals surface area contributed by atoms with Gasteiger partial charge in [0, 0.05) is 35.3 Å². The summed E-state index contributed by atoms with van der Waals surface area (Å²) in [6.45, 7) is 1.13. The van der Waals surface area contributed by atoms with Gasteiger partial charge in [-0.3, -0.25) is 9.59 Å². The van der Waals surface area contributed by atoms with Crippen LogP contribution < -0.4 is 10.7 Å². The Balaban J connectivity index is 1.52. The summed E-state index contributed by atoms with van der Waals surface area (Å²) in [5.41, 5.74) is 2.53. The number of ether oxygens (including phenoxy) is 1. The van der Waals surface area contributed by atoms with E-state index in [9.17, 15) is 9.59 Å². The van der Waals surface area contributed by atoms with Crippen LogP contribution in [-0.2, 0) is 17.7 Å². The second-order valence-electron chi connectivity index (χ2n) is 7.41. The summed E-state index contributed by atoms with van der Waals surface area (Å²) < 4.78 is 5.81. The van der Waals surface area contributed by atoms with Gasteiger partial charge in [-0.25, -0.2) is 0 Å². The van der Waals surface area contributed by atoms with Crippen LogP contribution in [0.25, 0.3) is 10.9 Å². The fourth-order valence-corrected chi connectivity index (χ4v) is 3.80. The molecule has 2 aromatic carbocycles. The molecule has 0 radical (unpaired) electrons. The lowest BCUT2D eigenvalue weighted by Gasteiger charge is -2.22. The molecule has 6 heteroatoms. The van der Waals surface area contributed by atoms with Gasteiger partial charge in [-0.15, -0.1) is 0 Å². The van der Waals surface area contributed by atoms with Crippen molar-refractivity contribution in [3.63, 3.8) is 0 Å². The van der Waals surface area contributed by atoms with Gasteiger partial charge in [-0.2, -0.15) is 0 Å². The van der Waals surface area contributed by atoms with Crippen molar-refractivity contribution in [1.82, 2.24) is 10.3 Å². The maximum absolute atomic E-state index is 12.9. The molecule has 0 saturated carbocycles. The number of carbonyl (C=O) groups is 1. The molecule has 1 fully saturated rings. The average Bonchev–Trinajstić information content (AvgIpc) is 2.74. The number of halogens is 1. The van der Waals surface area contributed by atoms with Gasteiger partial charge in [-0.1, -0.05) is 29.8 Å². The molecule has 0 aliphatic carbocycles. The molecule has 2 N–H and O–H groups in total. The van der Waals surface area contributed by atoms with Gasteiger partial charge in [0.25, 0.3) is 5.91 Å². The van der Waals surface area contributed by atoms with E-state index in [4.69, 9.17) is 16.3 Å².